The van der Waals surface area contributed by atoms with Crippen molar-refractivity contribution in [1.82, 2.24) is 9.88 Å². The Morgan fingerprint density at radius 2 is 1.88 bits per heavy atom. The first-order chi connectivity index (χ1) is 15.7. The van der Waals surface area contributed by atoms with E-state index in [4.69, 9.17) is 16.3 Å². The number of ether oxygens (including phenoxy) is 1. The molecule has 10 heteroatoms. The largest absolute Gasteiger partial charge is 0.469 e. The normalized spacial score (nSPS) is 28.3. The van der Waals surface area contributed by atoms with Gasteiger partial charge in [-0.25, -0.2) is 13.8 Å². The van der Waals surface area contributed by atoms with Crippen LogP contribution in [0.1, 0.15) is 24.8 Å². The maximum Gasteiger partial charge on any atom is 0.311 e. The van der Waals surface area contributed by atoms with Gasteiger partial charge in [-0.2, -0.15) is 0 Å². The Morgan fingerprint density at radius 1 is 1.21 bits per heavy atom. The Balaban J connectivity index is 1.49. The number of esters is 1. The van der Waals surface area contributed by atoms with E-state index in [9.17, 15) is 23.2 Å². The molecule has 7 nitrogen and oxygen atoms in total. The Labute approximate surface area is 193 Å². The van der Waals surface area contributed by atoms with Crippen LogP contribution in [-0.2, 0) is 25.7 Å². The number of hydrogen-bond acceptors (Lipinski definition) is 5. The van der Waals surface area contributed by atoms with Crippen molar-refractivity contribution < 1.29 is 27.9 Å². The number of piperazine rings is 1. The number of aromatic nitrogens is 1. The molecule has 3 aliphatic carbocycles. The Morgan fingerprint density at radius 3 is 2.48 bits per heavy atom. The maximum absolute atomic E-state index is 14.6. The monoisotopic (exact) mass is 475 g/mol. The molecule has 33 heavy (non-hydrogen) atoms. The van der Waals surface area contributed by atoms with E-state index in [-0.39, 0.29) is 29.9 Å². The molecule has 2 heterocycles. The summed E-state index contributed by atoms with van der Waals surface area (Å²) in [4.78, 5) is 45.6. The van der Waals surface area contributed by atoms with Crippen LogP contribution in [0.15, 0.2) is 36.5 Å². The van der Waals surface area contributed by atoms with Crippen LogP contribution in [0.25, 0.3) is 0 Å². The average molecular weight is 476 g/mol. The lowest BCUT2D eigenvalue weighted by Gasteiger charge is -2.72. The van der Waals surface area contributed by atoms with Gasteiger partial charge >= 0.3 is 5.97 Å². The van der Waals surface area contributed by atoms with Crippen LogP contribution in [0.4, 0.5) is 14.6 Å². The first-order valence-electron chi connectivity index (χ1n) is 10.4. The fourth-order valence-corrected chi connectivity index (χ4v) is 5.81. The topological polar surface area (TPSA) is 79.8 Å². The van der Waals surface area contributed by atoms with E-state index in [0.717, 1.165) is 11.0 Å². The van der Waals surface area contributed by atoms with Gasteiger partial charge in [0.1, 0.15) is 18.4 Å². The minimum absolute atomic E-state index is 0.0703. The first kappa shape index (κ1) is 21.8. The highest BCUT2D eigenvalue weighted by Crippen LogP contribution is 2.76. The van der Waals surface area contributed by atoms with E-state index < -0.39 is 40.3 Å². The fraction of sp³-hybridized carbons (Fsp3) is 0.391. The van der Waals surface area contributed by atoms with E-state index >= 15 is 0 Å². The van der Waals surface area contributed by atoms with Crippen molar-refractivity contribution in [3.05, 3.63) is 58.7 Å². The SMILES string of the molecule is COC(=O)C12CC(C3C(=O)N(c4ncc(Cl)cc4F)CC(=O)N3Cc3ccc(F)cc3)(C1)C2. The van der Waals surface area contributed by atoms with E-state index in [0.29, 0.717) is 24.8 Å². The second-order valence-electron chi connectivity index (χ2n) is 9.10. The number of anilines is 1. The number of amides is 2. The molecule has 1 aromatic heterocycles. The van der Waals surface area contributed by atoms with Gasteiger partial charge in [0, 0.05) is 18.2 Å². The van der Waals surface area contributed by atoms with Crippen LogP contribution in [0.2, 0.25) is 5.02 Å². The summed E-state index contributed by atoms with van der Waals surface area (Å²) in [5, 5.41) is 0.0703. The zero-order valence-corrected chi connectivity index (χ0v) is 18.4. The summed E-state index contributed by atoms with van der Waals surface area (Å²) in [5.74, 6) is -2.67. The molecule has 2 bridgehead atoms. The minimum atomic E-state index is -0.910. The molecule has 4 fully saturated rings. The summed E-state index contributed by atoms with van der Waals surface area (Å²) in [6.07, 6.45) is 2.42. The number of hydrogen-bond donors (Lipinski definition) is 0. The predicted molar refractivity (Wildman–Crippen MR) is 113 cm³/mol. The highest BCUT2D eigenvalue weighted by Gasteiger charge is 2.77. The van der Waals surface area contributed by atoms with E-state index in [1.54, 1.807) is 12.1 Å². The van der Waals surface area contributed by atoms with Crippen molar-refractivity contribution in [1.29, 1.82) is 0 Å². The predicted octanol–water partition coefficient (Wildman–Crippen LogP) is 3.10. The number of methoxy groups -OCH3 is 1. The summed E-state index contributed by atoms with van der Waals surface area (Å²) >= 11 is 5.79. The summed E-state index contributed by atoms with van der Waals surface area (Å²) in [7, 11) is 1.32. The number of halogens is 3. The van der Waals surface area contributed by atoms with Crippen molar-refractivity contribution in [2.45, 2.75) is 31.8 Å². The second-order valence-corrected chi connectivity index (χ2v) is 9.54. The highest BCUT2D eigenvalue weighted by molar-refractivity contribution is 6.30. The summed E-state index contributed by atoms with van der Waals surface area (Å²) in [6, 6.07) is 5.80. The Bertz CT molecular complexity index is 1150. The van der Waals surface area contributed by atoms with Crippen molar-refractivity contribution in [2.24, 2.45) is 10.8 Å². The lowest BCUT2D eigenvalue weighted by Crippen LogP contribution is -2.77. The van der Waals surface area contributed by atoms with Gasteiger partial charge in [-0.1, -0.05) is 23.7 Å². The minimum Gasteiger partial charge on any atom is -0.469 e. The van der Waals surface area contributed by atoms with E-state index in [1.165, 1.54) is 30.3 Å². The second kappa shape index (κ2) is 7.48. The number of rotatable bonds is 5. The smallest absolute Gasteiger partial charge is 0.311 e. The maximum atomic E-state index is 14.6. The van der Waals surface area contributed by atoms with Gasteiger partial charge in [0.2, 0.25) is 5.91 Å². The zero-order valence-electron chi connectivity index (χ0n) is 17.7. The van der Waals surface area contributed by atoms with Crippen molar-refractivity contribution in [3.63, 3.8) is 0 Å². The van der Waals surface area contributed by atoms with Crippen LogP contribution in [0.3, 0.4) is 0 Å². The lowest BCUT2D eigenvalue weighted by atomic mass is 9.32. The number of nitrogens with zero attached hydrogens (tertiary/aromatic N) is 3. The number of benzene rings is 1. The molecule has 0 spiro atoms. The quantitative estimate of drug-likeness (QED) is 0.621. The Hall–Kier alpha value is -3.07. The molecule has 4 aliphatic rings. The van der Waals surface area contributed by atoms with Gasteiger partial charge in [0.25, 0.3) is 5.91 Å². The lowest BCUT2D eigenvalue weighted by molar-refractivity contribution is -0.245. The third-order valence-corrected chi connectivity index (χ3v) is 7.21. The van der Waals surface area contributed by atoms with Crippen LogP contribution in [-0.4, -0.2) is 47.4 Å². The molecular weight excluding hydrogens is 456 g/mol. The third kappa shape index (κ3) is 3.28. The van der Waals surface area contributed by atoms with Gasteiger partial charge in [-0.3, -0.25) is 19.3 Å². The van der Waals surface area contributed by atoms with Crippen LogP contribution < -0.4 is 4.90 Å². The molecule has 1 aromatic carbocycles. The van der Waals surface area contributed by atoms with Gasteiger partial charge in [-0.05, 0) is 43.0 Å². The molecule has 0 radical (unpaired) electrons. The molecule has 3 saturated carbocycles. The standard InChI is InChI=1S/C23H20ClF2N3O4/c1-33-21(32)23-10-22(11-23,12-23)18-20(31)29(19-16(26)6-14(24)7-27-19)9-17(30)28(18)8-13-2-4-15(25)5-3-13/h2-7,18H,8-12H2,1H3. The third-order valence-electron chi connectivity index (χ3n) is 7.01. The van der Waals surface area contributed by atoms with Gasteiger partial charge in [-0.15, -0.1) is 0 Å². The molecule has 172 valence electrons. The molecule has 1 aliphatic heterocycles. The molecule has 1 saturated heterocycles. The number of pyridine rings is 1. The molecule has 6 rings (SSSR count). The summed E-state index contributed by atoms with van der Waals surface area (Å²) in [5.41, 5.74) is -0.588. The summed E-state index contributed by atoms with van der Waals surface area (Å²) in [6.45, 7) is -0.298. The van der Waals surface area contributed by atoms with Gasteiger partial charge in [0.15, 0.2) is 11.6 Å². The molecule has 2 amide bonds. The van der Waals surface area contributed by atoms with E-state index in [1.807, 2.05) is 0 Å². The van der Waals surface area contributed by atoms with Crippen LogP contribution in [0.5, 0.6) is 0 Å². The van der Waals surface area contributed by atoms with Gasteiger partial charge in [0.05, 0.1) is 17.5 Å². The molecule has 2 aromatic rings. The molecular formula is C23H20ClF2N3O4. The average Bonchev–Trinajstić information content (AvgIpc) is 2.72. The Kier molecular flexibility index (Phi) is 4.93. The number of carbonyl (C=O) groups excluding carboxylic acids is 3. The molecule has 0 N–H and O–H groups in total. The van der Waals surface area contributed by atoms with Crippen molar-refractivity contribution >= 4 is 35.2 Å². The van der Waals surface area contributed by atoms with Crippen molar-refractivity contribution in [3.8, 4) is 0 Å². The molecule has 1 unspecified atom stereocenters. The zero-order chi connectivity index (χ0) is 23.5. The fourth-order valence-electron chi connectivity index (χ4n) is 5.66. The van der Waals surface area contributed by atoms with Crippen LogP contribution >= 0.6 is 11.6 Å². The summed E-state index contributed by atoms with van der Waals surface area (Å²) < 4.78 is 32.9. The number of carbonyl (C=O) groups is 3. The van der Waals surface area contributed by atoms with Crippen LogP contribution in [0, 0.1) is 22.5 Å². The molecule has 1 atom stereocenters. The van der Waals surface area contributed by atoms with Gasteiger partial charge < -0.3 is 9.64 Å². The van der Waals surface area contributed by atoms with Crippen molar-refractivity contribution in [2.75, 3.05) is 18.6 Å². The first-order valence-corrected chi connectivity index (χ1v) is 10.8. The van der Waals surface area contributed by atoms with E-state index in [2.05, 4.69) is 4.98 Å². The highest BCUT2D eigenvalue weighted by atomic mass is 35.5.